The fraction of sp³-hybridized carbons (Fsp3) is 0.450. The molecule has 2 aromatic rings. The van der Waals surface area contributed by atoms with E-state index in [4.69, 9.17) is 4.74 Å². The van der Waals surface area contributed by atoms with E-state index in [0.717, 1.165) is 37.9 Å². The molecule has 138 valence electrons. The van der Waals surface area contributed by atoms with Gasteiger partial charge in [-0.2, -0.15) is 4.39 Å². The van der Waals surface area contributed by atoms with Gasteiger partial charge in [-0.3, -0.25) is 0 Å². The number of aromatic nitrogens is 1. The van der Waals surface area contributed by atoms with Crippen LogP contribution < -0.4 is 15.4 Å². The van der Waals surface area contributed by atoms with Crippen LogP contribution >= 0.6 is 0 Å². The number of nitrogens with zero attached hydrogens (tertiary/aromatic N) is 1. The normalized spacial score (nSPS) is 23.0. The molecule has 1 aliphatic carbocycles. The minimum atomic E-state index is -0.553. The van der Waals surface area contributed by atoms with E-state index in [-0.39, 0.29) is 12.4 Å². The fourth-order valence-electron chi connectivity index (χ4n) is 3.64. The Morgan fingerprint density at radius 2 is 2.04 bits per heavy atom. The Labute approximate surface area is 152 Å². The minimum absolute atomic E-state index is 0.0369. The fourth-order valence-corrected chi connectivity index (χ4v) is 3.64. The molecule has 1 aliphatic heterocycles. The van der Waals surface area contributed by atoms with Gasteiger partial charge in [-0.1, -0.05) is 6.07 Å². The lowest BCUT2D eigenvalue weighted by Gasteiger charge is -2.24. The second-order valence-electron chi connectivity index (χ2n) is 7.06. The smallest absolute Gasteiger partial charge is 0.219 e. The molecule has 2 unspecified atom stereocenters. The van der Waals surface area contributed by atoms with Crippen molar-refractivity contribution in [3.8, 4) is 5.75 Å². The summed E-state index contributed by atoms with van der Waals surface area (Å²) in [6.07, 6.45) is 4.69. The van der Waals surface area contributed by atoms with Crippen LogP contribution in [0.3, 0.4) is 0 Å². The Bertz CT molecular complexity index is 764. The summed E-state index contributed by atoms with van der Waals surface area (Å²) in [5, 5.41) is 7.07. The molecule has 26 heavy (non-hydrogen) atoms. The largest absolute Gasteiger partial charge is 0.488 e. The summed E-state index contributed by atoms with van der Waals surface area (Å²) in [4.78, 5) is 3.62. The van der Waals surface area contributed by atoms with Crippen LogP contribution in [0, 0.1) is 11.8 Å². The van der Waals surface area contributed by atoms with Gasteiger partial charge in [0.05, 0.1) is 0 Å². The molecule has 2 N–H and O–H groups in total. The molecule has 4 rings (SSSR count). The zero-order valence-corrected chi connectivity index (χ0v) is 14.6. The van der Waals surface area contributed by atoms with Gasteiger partial charge in [0.25, 0.3) is 0 Å². The van der Waals surface area contributed by atoms with Gasteiger partial charge in [0, 0.05) is 35.8 Å². The monoisotopic (exact) mass is 359 g/mol. The summed E-state index contributed by atoms with van der Waals surface area (Å²) in [5.74, 6) is -0.0895. The molecule has 2 heterocycles. The second kappa shape index (κ2) is 7.68. The highest BCUT2D eigenvalue weighted by atomic mass is 19.1. The lowest BCUT2D eigenvalue weighted by atomic mass is 10.1. The van der Waals surface area contributed by atoms with Crippen LogP contribution in [0.4, 0.5) is 8.78 Å². The van der Waals surface area contributed by atoms with Crippen molar-refractivity contribution in [3.05, 3.63) is 59.4 Å². The highest BCUT2D eigenvalue weighted by Crippen LogP contribution is 2.45. The van der Waals surface area contributed by atoms with Crippen molar-refractivity contribution in [1.82, 2.24) is 15.6 Å². The molecule has 0 spiro atoms. The molecule has 2 aliphatic rings. The van der Waals surface area contributed by atoms with Crippen molar-refractivity contribution >= 4 is 0 Å². The molecular formula is C20H23F2N3O. The molecule has 0 radical (unpaired) electrons. The van der Waals surface area contributed by atoms with Gasteiger partial charge < -0.3 is 15.4 Å². The number of piperidine rings is 1. The average Bonchev–Trinajstić information content (AvgIpc) is 3.41. The topological polar surface area (TPSA) is 46.2 Å². The first-order valence-corrected chi connectivity index (χ1v) is 9.19. The van der Waals surface area contributed by atoms with Crippen molar-refractivity contribution in [2.75, 3.05) is 13.1 Å². The molecule has 4 nitrogen and oxygen atoms in total. The van der Waals surface area contributed by atoms with Crippen LogP contribution in [0.5, 0.6) is 5.75 Å². The van der Waals surface area contributed by atoms with Gasteiger partial charge in [-0.25, -0.2) is 9.37 Å². The highest BCUT2D eigenvalue weighted by molar-refractivity contribution is 5.41. The number of rotatable bonds is 6. The van der Waals surface area contributed by atoms with E-state index < -0.39 is 5.95 Å². The molecule has 2 fully saturated rings. The first kappa shape index (κ1) is 17.4. The van der Waals surface area contributed by atoms with Gasteiger partial charge in [0.1, 0.15) is 18.2 Å². The third-order valence-electron chi connectivity index (χ3n) is 5.17. The summed E-state index contributed by atoms with van der Waals surface area (Å²) in [6.45, 7) is 2.14. The van der Waals surface area contributed by atoms with E-state index >= 15 is 0 Å². The number of hydrogen-bond acceptors (Lipinski definition) is 4. The summed E-state index contributed by atoms with van der Waals surface area (Å²) in [5.41, 5.74) is 1.35. The third-order valence-corrected chi connectivity index (χ3v) is 5.17. The van der Waals surface area contributed by atoms with Crippen molar-refractivity contribution < 1.29 is 13.5 Å². The summed E-state index contributed by atoms with van der Waals surface area (Å²) in [7, 11) is 0. The van der Waals surface area contributed by atoms with E-state index in [9.17, 15) is 8.78 Å². The first-order valence-electron chi connectivity index (χ1n) is 9.19. The van der Waals surface area contributed by atoms with E-state index in [1.165, 1.54) is 18.3 Å². The van der Waals surface area contributed by atoms with Gasteiger partial charge in [-0.15, -0.1) is 0 Å². The Hall–Kier alpha value is -2.05. The minimum Gasteiger partial charge on any atom is -0.488 e. The zero-order chi connectivity index (χ0) is 17.9. The number of nitrogens with one attached hydrogen (secondary N) is 2. The van der Waals surface area contributed by atoms with Crippen LogP contribution in [-0.4, -0.2) is 30.2 Å². The van der Waals surface area contributed by atoms with Crippen molar-refractivity contribution in [2.45, 2.75) is 43.9 Å². The SMILES string of the molecule is Fc1ccc(C2CC2NC2CCNCC2)c(OCc2cccnc2F)c1. The number of benzene rings is 1. The zero-order valence-electron chi connectivity index (χ0n) is 14.6. The summed E-state index contributed by atoms with van der Waals surface area (Å²) >= 11 is 0. The quantitative estimate of drug-likeness (QED) is 0.778. The van der Waals surface area contributed by atoms with Crippen LogP contribution in [-0.2, 0) is 6.61 Å². The summed E-state index contributed by atoms with van der Waals surface area (Å²) in [6, 6.07) is 8.88. The second-order valence-corrected chi connectivity index (χ2v) is 7.06. The predicted octanol–water partition coefficient (Wildman–Crippen LogP) is 3.14. The van der Waals surface area contributed by atoms with Gasteiger partial charge in [0.15, 0.2) is 0 Å². The third kappa shape index (κ3) is 4.02. The molecular weight excluding hydrogens is 336 g/mol. The molecule has 1 saturated heterocycles. The van der Waals surface area contributed by atoms with Crippen molar-refractivity contribution in [2.24, 2.45) is 0 Å². The van der Waals surface area contributed by atoms with Gasteiger partial charge in [-0.05, 0) is 56.1 Å². The van der Waals surface area contributed by atoms with Crippen molar-refractivity contribution in [1.29, 1.82) is 0 Å². The Kier molecular flexibility index (Phi) is 5.13. The molecule has 6 heteroatoms. The van der Waals surface area contributed by atoms with E-state index in [1.54, 1.807) is 18.2 Å². The number of pyridine rings is 1. The molecule has 2 atom stereocenters. The molecule has 0 amide bonds. The average molecular weight is 359 g/mol. The number of ether oxygens (including phenoxy) is 1. The molecule has 0 bridgehead atoms. The molecule has 1 saturated carbocycles. The Morgan fingerprint density at radius 3 is 2.85 bits per heavy atom. The maximum atomic E-state index is 13.7. The van der Waals surface area contributed by atoms with E-state index in [0.29, 0.717) is 29.3 Å². The Balaban J connectivity index is 1.43. The molecule has 1 aromatic carbocycles. The van der Waals surface area contributed by atoms with E-state index in [1.807, 2.05) is 0 Å². The standard InChI is InChI=1S/C20H23F2N3O/c21-14-3-4-16(17-11-18(17)25-15-5-8-23-9-6-15)19(10-14)26-12-13-2-1-7-24-20(13)22/h1-4,7,10,15,17-18,23,25H,5-6,8-9,11-12H2. The number of halogens is 2. The maximum absolute atomic E-state index is 13.7. The van der Waals surface area contributed by atoms with Crippen LogP contribution in [0.1, 0.15) is 36.3 Å². The maximum Gasteiger partial charge on any atom is 0.219 e. The molecule has 1 aromatic heterocycles. The van der Waals surface area contributed by atoms with E-state index in [2.05, 4.69) is 15.6 Å². The lowest BCUT2D eigenvalue weighted by Crippen LogP contribution is -2.41. The van der Waals surface area contributed by atoms with Gasteiger partial charge >= 0.3 is 0 Å². The van der Waals surface area contributed by atoms with Crippen LogP contribution in [0.2, 0.25) is 0 Å². The Morgan fingerprint density at radius 1 is 1.19 bits per heavy atom. The van der Waals surface area contributed by atoms with Gasteiger partial charge in [0.2, 0.25) is 5.95 Å². The van der Waals surface area contributed by atoms with Crippen LogP contribution in [0.15, 0.2) is 36.5 Å². The van der Waals surface area contributed by atoms with Crippen molar-refractivity contribution in [3.63, 3.8) is 0 Å². The summed E-state index contributed by atoms with van der Waals surface area (Å²) < 4.78 is 33.2. The number of hydrogen-bond donors (Lipinski definition) is 2. The lowest BCUT2D eigenvalue weighted by molar-refractivity contribution is 0.293. The predicted molar refractivity (Wildman–Crippen MR) is 95.1 cm³/mol. The van der Waals surface area contributed by atoms with Crippen LogP contribution in [0.25, 0.3) is 0 Å². The first-order chi connectivity index (χ1) is 12.7. The highest BCUT2D eigenvalue weighted by Gasteiger charge is 2.41.